The minimum absolute atomic E-state index is 0.204. The standard InChI is InChI=1S/C24H23N3O4/c1-29-21-11-10-16(12-22(21)30-18-6-2-3-7-18)17-13-25-24(28)27(14-17)15-23-26-19-8-4-5-9-20(19)31-23/h4-5,8-14,18H,2-3,6-7,15H2,1H3. The van der Waals surface area contributed by atoms with Crippen molar-refractivity contribution in [3.8, 4) is 22.6 Å². The summed E-state index contributed by atoms with van der Waals surface area (Å²) >= 11 is 0. The molecule has 1 aliphatic carbocycles. The number of hydrogen-bond donors (Lipinski definition) is 0. The molecule has 31 heavy (non-hydrogen) atoms. The van der Waals surface area contributed by atoms with Gasteiger partial charge in [0, 0.05) is 18.0 Å². The van der Waals surface area contributed by atoms with Crippen LogP contribution in [0.4, 0.5) is 0 Å². The van der Waals surface area contributed by atoms with Crippen molar-refractivity contribution in [1.29, 1.82) is 0 Å². The summed E-state index contributed by atoms with van der Waals surface area (Å²) in [6.07, 6.45) is 8.07. The fourth-order valence-electron chi connectivity index (χ4n) is 3.99. The number of fused-ring (bicyclic) bond motifs is 1. The molecule has 0 bridgehead atoms. The van der Waals surface area contributed by atoms with Crippen LogP contribution in [-0.2, 0) is 6.54 Å². The molecule has 0 atom stereocenters. The van der Waals surface area contributed by atoms with Crippen LogP contribution in [-0.4, -0.2) is 27.7 Å². The molecular weight excluding hydrogens is 394 g/mol. The van der Waals surface area contributed by atoms with Gasteiger partial charge in [0.15, 0.2) is 17.1 Å². The summed E-state index contributed by atoms with van der Waals surface area (Å²) in [5.74, 6) is 1.87. The molecule has 0 radical (unpaired) electrons. The van der Waals surface area contributed by atoms with E-state index in [1.807, 2.05) is 42.5 Å². The first-order valence-corrected chi connectivity index (χ1v) is 10.5. The van der Waals surface area contributed by atoms with Crippen LogP contribution in [0, 0.1) is 0 Å². The van der Waals surface area contributed by atoms with E-state index in [1.165, 1.54) is 17.4 Å². The second kappa shape index (κ2) is 8.26. The Balaban J connectivity index is 1.45. The lowest BCUT2D eigenvalue weighted by atomic mass is 10.1. The highest BCUT2D eigenvalue weighted by Crippen LogP contribution is 2.35. The van der Waals surface area contributed by atoms with Crippen molar-refractivity contribution in [3.63, 3.8) is 0 Å². The maximum absolute atomic E-state index is 12.4. The largest absolute Gasteiger partial charge is 0.493 e. The molecule has 1 aliphatic rings. The molecule has 2 aromatic carbocycles. The van der Waals surface area contributed by atoms with Gasteiger partial charge < -0.3 is 13.9 Å². The van der Waals surface area contributed by atoms with Gasteiger partial charge in [-0.1, -0.05) is 18.2 Å². The Morgan fingerprint density at radius 1 is 1.10 bits per heavy atom. The second-order valence-corrected chi connectivity index (χ2v) is 7.72. The molecule has 0 aliphatic heterocycles. The molecule has 0 unspecified atom stereocenters. The van der Waals surface area contributed by atoms with Crippen molar-refractivity contribution in [1.82, 2.24) is 14.5 Å². The molecule has 0 N–H and O–H groups in total. The minimum Gasteiger partial charge on any atom is -0.493 e. The Morgan fingerprint density at radius 2 is 1.94 bits per heavy atom. The first-order chi connectivity index (χ1) is 15.2. The molecule has 5 rings (SSSR count). The van der Waals surface area contributed by atoms with E-state index in [0.717, 1.165) is 29.5 Å². The predicted molar refractivity (Wildman–Crippen MR) is 116 cm³/mol. The molecule has 0 saturated heterocycles. The van der Waals surface area contributed by atoms with Gasteiger partial charge in [-0.2, -0.15) is 0 Å². The molecular formula is C24H23N3O4. The zero-order valence-corrected chi connectivity index (χ0v) is 17.3. The number of aromatic nitrogens is 3. The number of hydrogen-bond acceptors (Lipinski definition) is 6. The third-order valence-corrected chi connectivity index (χ3v) is 5.59. The van der Waals surface area contributed by atoms with Gasteiger partial charge in [0.1, 0.15) is 12.1 Å². The summed E-state index contributed by atoms with van der Waals surface area (Å²) in [7, 11) is 1.64. The van der Waals surface area contributed by atoms with Crippen LogP contribution in [0.2, 0.25) is 0 Å². The van der Waals surface area contributed by atoms with E-state index in [2.05, 4.69) is 9.97 Å². The summed E-state index contributed by atoms with van der Waals surface area (Å²) in [6.45, 7) is 0.204. The quantitative estimate of drug-likeness (QED) is 0.462. The lowest BCUT2D eigenvalue weighted by Crippen LogP contribution is -2.22. The van der Waals surface area contributed by atoms with Crippen molar-refractivity contribution >= 4 is 11.1 Å². The molecule has 4 aromatic rings. The fourth-order valence-corrected chi connectivity index (χ4v) is 3.99. The van der Waals surface area contributed by atoms with Gasteiger partial charge >= 0.3 is 5.69 Å². The van der Waals surface area contributed by atoms with E-state index in [0.29, 0.717) is 23.0 Å². The van der Waals surface area contributed by atoms with Gasteiger partial charge in [-0.05, 0) is 55.5 Å². The van der Waals surface area contributed by atoms with Crippen LogP contribution >= 0.6 is 0 Å². The number of benzene rings is 2. The zero-order valence-electron chi connectivity index (χ0n) is 17.3. The fraction of sp³-hybridized carbons (Fsp3) is 0.292. The number of ether oxygens (including phenoxy) is 2. The lowest BCUT2D eigenvalue weighted by Gasteiger charge is -2.17. The van der Waals surface area contributed by atoms with Gasteiger partial charge in [0.05, 0.1) is 13.2 Å². The monoisotopic (exact) mass is 417 g/mol. The highest BCUT2D eigenvalue weighted by molar-refractivity contribution is 5.72. The van der Waals surface area contributed by atoms with E-state index in [9.17, 15) is 4.79 Å². The molecule has 7 heteroatoms. The molecule has 158 valence electrons. The Morgan fingerprint density at radius 3 is 2.74 bits per heavy atom. The van der Waals surface area contributed by atoms with Crippen LogP contribution < -0.4 is 15.2 Å². The minimum atomic E-state index is -0.359. The highest BCUT2D eigenvalue weighted by Gasteiger charge is 2.19. The average Bonchev–Trinajstić information content (AvgIpc) is 3.44. The SMILES string of the molecule is COc1ccc(-c2cnc(=O)n(Cc3nc4ccccc4o3)c2)cc1OC1CCCC1. The maximum atomic E-state index is 12.4. The van der Waals surface area contributed by atoms with Crippen molar-refractivity contribution in [2.75, 3.05) is 7.11 Å². The summed E-state index contributed by atoms with van der Waals surface area (Å²) in [6, 6.07) is 13.3. The van der Waals surface area contributed by atoms with Crippen LogP contribution in [0.5, 0.6) is 11.5 Å². The van der Waals surface area contributed by atoms with Gasteiger partial charge in [-0.3, -0.25) is 4.57 Å². The van der Waals surface area contributed by atoms with Crippen molar-refractivity contribution in [2.45, 2.75) is 38.3 Å². The van der Waals surface area contributed by atoms with Crippen LogP contribution in [0.1, 0.15) is 31.6 Å². The summed E-state index contributed by atoms with van der Waals surface area (Å²) < 4.78 is 18.9. The smallest absolute Gasteiger partial charge is 0.348 e. The number of oxazole rings is 1. The van der Waals surface area contributed by atoms with Gasteiger partial charge in [-0.15, -0.1) is 0 Å². The first-order valence-electron chi connectivity index (χ1n) is 10.5. The van der Waals surface area contributed by atoms with E-state index in [4.69, 9.17) is 13.9 Å². The number of para-hydroxylation sites is 2. The van der Waals surface area contributed by atoms with Gasteiger partial charge in [0.2, 0.25) is 5.89 Å². The Bertz CT molecular complexity index is 1240. The summed E-state index contributed by atoms with van der Waals surface area (Å²) in [5, 5.41) is 0. The Hall–Kier alpha value is -3.61. The first kappa shape index (κ1) is 19.4. The third kappa shape index (κ3) is 4.03. The molecule has 0 spiro atoms. The second-order valence-electron chi connectivity index (χ2n) is 7.72. The molecule has 2 aromatic heterocycles. The zero-order chi connectivity index (χ0) is 21.2. The summed E-state index contributed by atoms with van der Waals surface area (Å²) in [4.78, 5) is 20.9. The Labute approximate surface area is 179 Å². The number of rotatable bonds is 6. The predicted octanol–water partition coefficient (Wildman–Crippen LogP) is 4.43. The van der Waals surface area contributed by atoms with Crippen molar-refractivity contribution in [2.24, 2.45) is 0 Å². The topological polar surface area (TPSA) is 79.4 Å². The lowest BCUT2D eigenvalue weighted by molar-refractivity contribution is 0.201. The van der Waals surface area contributed by atoms with Crippen molar-refractivity contribution < 1.29 is 13.9 Å². The molecule has 1 fully saturated rings. The Kier molecular flexibility index (Phi) is 5.16. The van der Waals surface area contributed by atoms with Gasteiger partial charge in [0.25, 0.3) is 0 Å². The van der Waals surface area contributed by atoms with E-state index >= 15 is 0 Å². The van der Waals surface area contributed by atoms with E-state index < -0.39 is 0 Å². The molecule has 2 heterocycles. The van der Waals surface area contributed by atoms with E-state index in [-0.39, 0.29) is 18.3 Å². The van der Waals surface area contributed by atoms with Crippen molar-refractivity contribution in [3.05, 3.63) is 71.2 Å². The molecule has 7 nitrogen and oxygen atoms in total. The number of nitrogens with zero attached hydrogens (tertiary/aromatic N) is 3. The van der Waals surface area contributed by atoms with E-state index in [1.54, 1.807) is 19.5 Å². The molecule has 1 saturated carbocycles. The van der Waals surface area contributed by atoms with Crippen LogP contribution in [0.3, 0.4) is 0 Å². The average molecular weight is 417 g/mol. The number of methoxy groups -OCH3 is 1. The van der Waals surface area contributed by atoms with Crippen LogP contribution in [0.15, 0.2) is 64.1 Å². The third-order valence-electron chi connectivity index (χ3n) is 5.59. The highest BCUT2D eigenvalue weighted by atomic mass is 16.5. The summed E-state index contributed by atoms with van der Waals surface area (Å²) in [5.41, 5.74) is 2.79. The normalized spacial score (nSPS) is 14.2. The van der Waals surface area contributed by atoms with Crippen LogP contribution in [0.25, 0.3) is 22.2 Å². The maximum Gasteiger partial charge on any atom is 0.348 e. The molecule has 0 amide bonds. The van der Waals surface area contributed by atoms with Gasteiger partial charge in [-0.25, -0.2) is 14.8 Å².